The quantitative estimate of drug-likeness (QED) is 0.534. The first kappa shape index (κ1) is 17.4. The molecule has 0 unspecified atom stereocenters. The fourth-order valence-corrected chi connectivity index (χ4v) is 0.214. The van der Waals surface area contributed by atoms with Gasteiger partial charge in [0.05, 0.1) is 0 Å². The molecule has 4 heteroatoms. The normalized spacial score (nSPS) is 6.64. The van der Waals surface area contributed by atoms with E-state index in [1.54, 1.807) is 20.8 Å². The maximum atomic E-state index is 10.1. The van der Waals surface area contributed by atoms with E-state index >= 15 is 0 Å². The van der Waals surface area contributed by atoms with E-state index in [4.69, 9.17) is 10.2 Å². The molecule has 0 spiro atoms. The molecule has 0 aliphatic heterocycles. The number of carbonyl (C=O) groups is 1. The van der Waals surface area contributed by atoms with Crippen LogP contribution < -0.4 is 0 Å². The molecule has 0 aliphatic rings. The first-order chi connectivity index (χ1) is 4.55. The number of aliphatic hydroxyl groups is 1. The van der Waals surface area contributed by atoms with Crippen LogP contribution in [0.2, 0.25) is 0 Å². The van der Waals surface area contributed by atoms with Gasteiger partial charge in [-0.1, -0.05) is 5.57 Å². The van der Waals surface area contributed by atoms with Crippen molar-refractivity contribution in [3.8, 4) is 0 Å². The molecule has 0 bridgehead atoms. The van der Waals surface area contributed by atoms with Crippen LogP contribution in [0, 0.1) is 7.11 Å². The van der Waals surface area contributed by atoms with Crippen molar-refractivity contribution in [2.45, 2.75) is 20.8 Å². The van der Waals surface area contributed by atoms with Crippen LogP contribution in [-0.4, -0.2) is 16.2 Å². The van der Waals surface area contributed by atoms with Crippen molar-refractivity contribution < 1.29 is 47.7 Å². The van der Waals surface area contributed by atoms with Gasteiger partial charge in [-0.05, 0) is 20.8 Å². The second-order valence-electron chi connectivity index (χ2n) is 1.93. The molecule has 11 heavy (non-hydrogen) atoms. The summed E-state index contributed by atoms with van der Waals surface area (Å²) in [6.45, 7) is 5.16. The summed E-state index contributed by atoms with van der Waals surface area (Å²) >= 11 is 0. The minimum absolute atomic E-state index is 0. The number of aliphatic carboxylic acids is 1. The minimum atomic E-state index is -0.829. The van der Waals surface area contributed by atoms with E-state index in [9.17, 15) is 4.79 Å². The number of hydrogen-bond donors (Lipinski definition) is 2. The Labute approximate surface area is 92.4 Å². The summed E-state index contributed by atoms with van der Waals surface area (Å²) in [5, 5.41) is 15.0. The molecule has 0 aromatic carbocycles. The van der Waals surface area contributed by atoms with Crippen molar-refractivity contribution in [2.75, 3.05) is 0 Å². The van der Waals surface area contributed by atoms with Gasteiger partial charge < -0.3 is 10.2 Å². The van der Waals surface area contributed by atoms with Crippen LogP contribution in [0.1, 0.15) is 20.8 Å². The number of aliphatic hydroxyl groups excluding tert-OH is 1. The Hall–Kier alpha value is 0.274. The molecule has 0 aromatic rings. The van der Waals surface area contributed by atoms with Crippen LogP contribution >= 0.6 is 0 Å². The molecule has 0 amide bonds. The zero-order chi connectivity index (χ0) is 8.73. The van der Waals surface area contributed by atoms with Gasteiger partial charge in [0, 0.05) is 38.3 Å². The first-order valence-electron chi connectivity index (χ1n) is 2.74. The van der Waals surface area contributed by atoms with Gasteiger partial charge in [-0.3, -0.25) is 0 Å². The molecule has 0 fully saturated rings. The molecule has 0 aromatic heterocycles. The van der Waals surface area contributed by atoms with E-state index in [1.807, 2.05) is 0 Å². The molecule has 3 nitrogen and oxygen atoms in total. The van der Waals surface area contributed by atoms with E-state index in [2.05, 4.69) is 7.11 Å². The van der Waals surface area contributed by atoms with Gasteiger partial charge in [-0.15, -0.1) is 0 Å². The first-order valence-corrected chi connectivity index (χ1v) is 2.74. The fraction of sp³-hybridized carbons (Fsp3) is 0.429. The van der Waals surface area contributed by atoms with Gasteiger partial charge in [-0.25, -0.2) is 11.9 Å². The summed E-state index contributed by atoms with van der Waals surface area (Å²) in [6.07, 6.45) is 0. The van der Waals surface area contributed by atoms with E-state index in [-0.39, 0.29) is 32.7 Å². The molecule has 1 radical (unpaired) electrons. The van der Waals surface area contributed by atoms with Crippen molar-refractivity contribution in [3.63, 3.8) is 0 Å². The SMILES string of the molecule is CC(C)=C(C)C(=O)O.[CH2-]O.[Y]. The molecule has 0 rings (SSSR count). The summed E-state index contributed by atoms with van der Waals surface area (Å²) in [5.41, 5.74) is 1.29. The predicted molar refractivity (Wildman–Crippen MR) is 39.0 cm³/mol. The Kier molecular flexibility index (Phi) is 16.2. The van der Waals surface area contributed by atoms with Gasteiger partial charge >= 0.3 is 5.97 Å². The van der Waals surface area contributed by atoms with E-state index in [0.29, 0.717) is 5.57 Å². The van der Waals surface area contributed by atoms with Gasteiger partial charge in [0.1, 0.15) is 0 Å². The third-order valence-corrected chi connectivity index (χ3v) is 1.07. The van der Waals surface area contributed by atoms with E-state index < -0.39 is 5.97 Å². The number of carboxylic acids is 1. The minimum Gasteiger partial charge on any atom is -0.569 e. The van der Waals surface area contributed by atoms with Gasteiger partial charge in [0.25, 0.3) is 0 Å². The molecular formula is C7H13O3Y-. The monoisotopic (exact) mass is 234 g/mol. The Morgan fingerprint density at radius 2 is 1.45 bits per heavy atom. The maximum Gasteiger partial charge on any atom is 0.331 e. The third-order valence-electron chi connectivity index (χ3n) is 1.07. The second-order valence-corrected chi connectivity index (χ2v) is 1.93. The molecule has 0 saturated heterocycles. The number of carboxylic acid groups (broad SMARTS) is 1. The van der Waals surface area contributed by atoms with Crippen LogP contribution in [0.4, 0.5) is 0 Å². The maximum absolute atomic E-state index is 10.1. The number of hydrogen-bond acceptors (Lipinski definition) is 2. The zero-order valence-corrected chi connectivity index (χ0v) is 9.93. The average molecular weight is 234 g/mol. The van der Waals surface area contributed by atoms with Crippen molar-refractivity contribution in [3.05, 3.63) is 18.3 Å². The summed E-state index contributed by atoms with van der Waals surface area (Å²) < 4.78 is 0. The number of rotatable bonds is 1. The molecular weight excluding hydrogens is 221 g/mol. The Morgan fingerprint density at radius 1 is 1.18 bits per heavy atom. The van der Waals surface area contributed by atoms with Crippen molar-refractivity contribution >= 4 is 5.97 Å². The standard InChI is InChI=1S/C6H10O2.CH3O.Y/c1-4(2)5(3)6(7)8;1-2;/h1-3H3,(H,7,8);2H,1H2;/q;-1;. The Morgan fingerprint density at radius 3 is 1.45 bits per heavy atom. The van der Waals surface area contributed by atoms with Gasteiger partial charge in [-0.2, -0.15) is 0 Å². The van der Waals surface area contributed by atoms with Crippen molar-refractivity contribution in [2.24, 2.45) is 0 Å². The Balaban J connectivity index is -0.000000196. The molecule has 2 N–H and O–H groups in total. The summed E-state index contributed by atoms with van der Waals surface area (Å²) in [6, 6.07) is 0. The van der Waals surface area contributed by atoms with Crippen LogP contribution in [-0.2, 0) is 37.5 Å². The summed E-state index contributed by atoms with van der Waals surface area (Å²) in [5.74, 6) is -0.829. The molecule has 63 valence electrons. The van der Waals surface area contributed by atoms with Gasteiger partial charge in [0.15, 0.2) is 0 Å². The zero-order valence-electron chi connectivity index (χ0n) is 7.09. The number of allylic oxidation sites excluding steroid dienone is 1. The average Bonchev–Trinajstić information content (AvgIpc) is 1.90. The van der Waals surface area contributed by atoms with Crippen molar-refractivity contribution in [1.29, 1.82) is 0 Å². The Bertz CT molecular complexity index is 137. The van der Waals surface area contributed by atoms with E-state index in [0.717, 1.165) is 5.57 Å². The smallest absolute Gasteiger partial charge is 0.331 e. The van der Waals surface area contributed by atoms with E-state index in [1.165, 1.54) is 0 Å². The summed E-state index contributed by atoms with van der Waals surface area (Å²) in [7, 11) is 2.25. The molecule has 0 aliphatic carbocycles. The third kappa shape index (κ3) is 10.3. The largest absolute Gasteiger partial charge is 0.569 e. The van der Waals surface area contributed by atoms with Crippen LogP contribution in [0.5, 0.6) is 0 Å². The topological polar surface area (TPSA) is 57.5 Å². The van der Waals surface area contributed by atoms with Crippen LogP contribution in [0.3, 0.4) is 0 Å². The van der Waals surface area contributed by atoms with Crippen molar-refractivity contribution in [1.82, 2.24) is 0 Å². The van der Waals surface area contributed by atoms with Gasteiger partial charge in [0.2, 0.25) is 0 Å². The predicted octanol–water partition coefficient (Wildman–Crippen LogP) is 1.58. The van der Waals surface area contributed by atoms with Crippen LogP contribution in [0.15, 0.2) is 11.1 Å². The molecule has 0 saturated carbocycles. The summed E-state index contributed by atoms with van der Waals surface area (Å²) in [4.78, 5) is 10.1. The fourth-order valence-electron chi connectivity index (χ4n) is 0.214. The van der Waals surface area contributed by atoms with Crippen LogP contribution in [0.25, 0.3) is 0 Å². The molecule has 0 atom stereocenters. The second kappa shape index (κ2) is 10.3. The molecule has 0 heterocycles.